The van der Waals surface area contributed by atoms with Crippen molar-refractivity contribution in [1.29, 1.82) is 0 Å². The summed E-state index contributed by atoms with van der Waals surface area (Å²) in [6.07, 6.45) is 4.39. The van der Waals surface area contributed by atoms with Gasteiger partial charge in [0, 0.05) is 36.8 Å². The van der Waals surface area contributed by atoms with Gasteiger partial charge in [0.15, 0.2) is 5.13 Å². The smallest absolute Gasteiger partial charge is 0.253 e. The molecular weight excluding hydrogens is 414 g/mol. The van der Waals surface area contributed by atoms with E-state index in [9.17, 15) is 14.4 Å². The van der Waals surface area contributed by atoms with Crippen molar-refractivity contribution < 1.29 is 14.4 Å². The van der Waals surface area contributed by atoms with Gasteiger partial charge in [0.1, 0.15) is 12.6 Å². The second-order valence-electron chi connectivity index (χ2n) is 7.70. The van der Waals surface area contributed by atoms with E-state index in [0.717, 1.165) is 31.5 Å². The minimum atomic E-state index is -0.306. The summed E-state index contributed by atoms with van der Waals surface area (Å²) in [6, 6.07) is 5.24. The van der Waals surface area contributed by atoms with Gasteiger partial charge in [0.25, 0.3) is 5.91 Å². The number of aromatic nitrogens is 1. The predicted molar refractivity (Wildman–Crippen MR) is 122 cm³/mol. The normalized spacial score (nSPS) is 17.7. The number of anilines is 3. The number of thiazole rings is 1. The molecule has 1 unspecified atom stereocenters. The molecule has 1 N–H and O–H groups in total. The van der Waals surface area contributed by atoms with Gasteiger partial charge in [0.05, 0.1) is 11.4 Å². The van der Waals surface area contributed by atoms with E-state index >= 15 is 0 Å². The van der Waals surface area contributed by atoms with E-state index in [1.807, 2.05) is 26.0 Å². The van der Waals surface area contributed by atoms with Gasteiger partial charge < -0.3 is 15.1 Å². The second kappa shape index (κ2) is 9.05. The molecule has 0 saturated carbocycles. The third-order valence-electron chi connectivity index (χ3n) is 5.91. The molecule has 4 rings (SSSR count). The number of amides is 3. The van der Waals surface area contributed by atoms with Crippen LogP contribution in [0.25, 0.3) is 0 Å². The van der Waals surface area contributed by atoms with E-state index < -0.39 is 0 Å². The number of benzene rings is 1. The third-order valence-corrected chi connectivity index (χ3v) is 6.60. The number of carbonyl (C=O) groups excluding carboxylic acids is 3. The maximum Gasteiger partial charge on any atom is 0.253 e. The van der Waals surface area contributed by atoms with E-state index in [2.05, 4.69) is 15.2 Å². The molecule has 164 valence electrons. The predicted octanol–water partition coefficient (Wildman–Crippen LogP) is 2.97. The average molecular weight is 442 g/mol. The van der Waals surface area contributed by atoms with Gasteiger partial charge in [0.2, 0.25) is 11.8 Å². The Bertz CT molecular complexity index is 974. The zero-order valence-corrected chi connectivity index (χ0v) is 18.7. The topological polar surface area (TPSA) is 85.9 Å². The van der Waals surface area contributed by atoms with Crippen LogP contribution in [-0.4, -0.2) is 59.8 Å². The highest BCUT2D eigenvalue weighted by Gasteiger charge is 2.40. The van der Waals surface area contributed by atoms with Crippen LogP contribution in [0.4, 0.5) is 16.5 Å². The van der Waals surface area contributed by atoms with Crippen molar-refractivity contribution in [3.63, 3.8) is 0 Å². The standard InChI is InChI=1S/C22H27N5O3S/c1-3-25(4-2)20(29)15-8-9-16-18(13-15)27(14-19(28)24-22-23-10-12-31-22)21(30)17-7-5-6-11-26(16)17/h8-10,12-13,17H,3-7,11,14H2,1-2H3,(H,23,24,28). The van der Waals surface area contributed by atoms with Crippen molar-refractivity contribution >= 4 is 45.6 Å². The lowest BCUT2D eigenvalue weighted by molar-refractivity contribution is -0.123. The number of hydrogen-bond donors (Lipinski definition) is 1. The molecule has 1 aromatic carbocycles. The number of piperidine rings is 1. The van der Waals surface area contributed by atoms with Crippen LogP contribution in [0.5, 0.6) is 0 Å². The van der Waals surface area contributed by atoms with Gasteiger partial charge in [-0.25, -0.2) is 4.98 Å². The largest absolute Gasteiger partial charge is 0.358 e. The van der Waals surface area contributed by atoms with Crippen LogP contribution in [0.15, 0.2) is 29.8 Å². The molecule has 31 heavy (non-hydrogen) atoms. The van der Waals surface area contributed by atoms with Crippen molar-refractivity contribution in [2.45, 2.75) is 39.2 Å². The summed E-state index contributed by atoms with van der Waals surface area (Å²) in [4.78, 5) is 48.5. The van der Waals surface area contributed by atoms with Crippen molar-refractivity contribution in [3.05, 3.63) is 35.3 Å². The third kappa shape index (κ3) is 4.14. The van der Waals surface area contributed by atoms with Gasteiger partial charge >= 0.3 is 0 Å². The van der Waals surface area contributed by atoms with Crippen LogP contribution in [0.1, 0.15) is 43.5 Å². The highest BCUT2D eigenvalue weighted by molar-refractivity contribution is 7.13. The molecule has 1 aromatic heterocycles. The molecule has 0 spiro atoms. The molecule has 2 aromatic rings. The molecule has 8 nitrogen and oxygen atoms in total. The Morgan fingerprint density at radius 3 is 2.74 bits per heavy atom. The van der Waals surface area contributed by atoms with Crippen molar-refractivity contribution in [2.24, 2.45) is 0 Å². The van der Waals surface area contributed by atoms with E-state index in [1.54, 1.807) is 22.5 Å². The molecule has 1 atom stereocenters. The molecular formula is C22H27N5O3S. The molecule has 1 fully saturated rings. The van der Waals surface area contributed by atoms with E-state index in [1.165, 1.54) is 16.2 Å². The van der Waals surface area contributed by atoms with Crippen LogP contribution in [0, 0.1) is 0 Å². The summed E-state index contributed by atoms with van der Waals surface area (Å²) in [7, 11) is 0. The lowest BCUT2D eigenvalue weighted by atomic mass is 9.95. The van der Waals surface area contributed by atoms with Crippen LogP contribution in [0.2, 0.25) is 0 Å². The van der Waals surface area contributed by atoms with E-state index in [-0.39, 0.29) is 30.3 Å². The minimum Gasteiger partial charge on any atom is -0.358 e. The van der Waals surface area contributed by atoms with Crippen LogP contribution in [0.3, 0.4) is 0 Å². The lowest BCUT2D eigenvalue weighted by Gasteiger charge is -2.45. The zero-order valence-electron chi connectivity index (χ0n) is 17.8. The summed E-state index contributed by atoms with van der Waals surface area (Å²) in [5.74, 6) is -0.471. The van der Waals surface area contributed by atoms with Gasteiger partial charge in [-0.3, -0.25) is 19.3 Å². The molecule has 0 bridgehead atoms. The first-order chi connectivity index (χ1) is 15.0. The first-order valence-electron chi connectivity index (χ1n) is 10.7. The maximum absolute atomic E-state index is 13.4. The zero-order chi connectivity index (χ0) is 22.0. The van der Waals surface area contributed by atoms with Crippen molar-refractivity contribution in [2.75, 3.05) is 41.3 Å². The van der Waals surface area contributed by atoms with E-state index in [0.29, 0.717) is 29.5 Å². The molecule has 2 aliphatic rings. The monoisotopic (exact) mass is 441 g/mol. The number of carbonyl (C=O) groups is 3. The van der Waals surface area contributed by atoms with Gasteiger partial charge in [-0.1, -0.05) is 0 Å². The molecule has 3 amide bonds. The Balaban J connectivity index is 1.68. The summed E-state index contributed by atoms with van der Waals surface area (Å²) in [5, 5.41) is 5.03. The van der Waals surface area contributed by atoms with Crippen LogP contribution >= 0.6 is 11.3 Å². The Kier molecular flexibility index (Phi) is 6.22. The van der Waals surface area contributed by atoms with Crippen LogP contribution < -0.4 is 15.1 Å². The molecule has 0 aliphatic carbocycles. The molecule has 1 saturated heterocycles. The maximum atomic E-state index is 13.4. The Labute approximate surface area is 185 Å². The average Bonchev–Trinajstić information content (AvgIpc) is 3.30. The molecule has 3 heterocycles. The van der Waals surface area contributed by atoms with Gasteiger partial charge in [-0.15, -0.1) is 11.3 Å². The highest BCUT2D eigenvalue weighted by atomic mass is 32.1. The second-order valence-corrected chi connectivity index (χ2v) is 8.59. The summed E-state index contributed by atoms with van der Waals surface area (Å²) >= 11 is 1.33. The molecule has 9 heteroatoms. The number of rotatable bonds is 6. The summed E-state index contributed by atoms with van der Waals surface area (Å²) in [5.41, 5.74) is 2.05. The van der Waals surface area contributed by atoms with Gasteiger partial charge in [-0.05, 0) is 51.3 Å². The number of nitrogens with one attached hydrogen (secondary N) is 1. The Morgan fingerprint density at radius 1 is 1.23 bits per heavy atom. The fourth-order valence-corrected chi connectivity index (χ4v) is 4.88. The summed E-state index contributed by atoms with van der Waals surface area (Å²) in [6.45, 7) is 5.79. The van der Waals surface area contributed by atoms with Crippen molar-refractivity contribution in [3.8, 4) is 0 Å². The molecule has 2 aliphatic heterocycles. The number of fused-ring (bicyclic) bond motifs is 3. The lowest BCUT2D eigenvalue weighted by Crippen LogP contribution is -2.56. The fraction of sp³-hybridized carbons (Fsp3) is 0.455. The first-order valence-corrected chi connectivity index (χ1v) is 11.6. The fourth-order valence-electron chi connectivity index (χ4n) is 4.33. The SMILES string of the molecule is CCN(CC)C(=O)c1ccc2c(c1)N(CC(=O)Nc1nccs1)C(=O)C1CCCCN21. The Morgan fingerprint density at radius 2 is 2.03 bits per heavy atom. The Hall–Kier alpha value is -2.94. The quantitative estimate of drug-likeness (QED) is 0.745. The van der Waals surface area contributed by atoms with Crippen molar-refractivity contribution in [1.82, 2.24) is 9.88 Å². The highest BCUT2D eigenvalue weighted by Crippen LogP contribution is 2.40. The number of nitrogens with zero attached hydrogens (tertiary/aromatic N) is 4. The summed E-state index contributed by atoms with van der Waals surface area (Å²) < 4.78 is 0. The van der Waals surface area contributed by atoms with Gasteiger partial charge in [-0.2, -0.15) is 0 Å². The van der Waals surface area contributed by atoms with Crippen LogP contribution in [-0.2, 0) is 9.59 Å². The molecule has 0 radical (unpaired) electrons. The number of hydrogen-bond acceptors (Lipinski definition) is 6. The first kappa shape index (κ1) is 21.3. The van der Waals surface area contributed by atoms with E-state index in [4.69, 9.17) is 0 Å². The minimum absolute atomic E-state index is 0.0757.